The molecule has 0 radical (unpaired) electrons. The van der Waals surface area contributed by atoms with E-state index in [9.17, 15) is 10.1 Å². The molecule has 7 nitrogen and oxygen atoms in total. The number of hydrogen-bond acceptors (Lipinski definition) is 6. The normalized spacial score (nSPS) is 17.4. The van der Waals surface area contributed by atoms with Crippen molar-refractivity contribution in [1.29, 1.82) is 0 Å². The Morgan fingerprint density at radius 1 is 1.15 bits per heavy atom. The molecule has 27 heavy (non-hydrogen) atoms. The van der Waals surface area contributed by atoms with Gasteiger partial charge in [0.1, 0.15) is 12.7 Å². The maximum Gasteiger partial charge on any atom is 0.269 e. The van der Waals surface area contributed by atoms with Crippen molar-refractivity contribution in [1.82, 2.24) is 4.90 Å². The molecule has 1 atom stereocenters. The lowest BCUT2D eigenvalue weighted by Gasteiger charge is -2.32. The Kier molecular flexibility index (Phi) is 6.62. The second-order valence-electron chi connectivity index (χ2n) is 6.34. The van der Waals surface area contributed by atoms with Crippen LogP contribution in [0.15, 0.2) is 48.5 Å². The topological polar surface area (TPSA) is 74.1 Å². The van der Waals surface area contributed by atoms with Gasteiger partial charge in [-0.3, -0.25) is 15.0 Å². The SMILES string of the molecule is CCOc1ccccc1OCC1CN(Cc2ccc([N+](=O)[O-])cc2)CCO1. The van der Waals surface area contributed by atoms with E-state index in [4.69, 9.17) is 14.2 Å². The van der Waals surface area contributed by atoms with E-state index in [2.05, 4.69) is 4.90 Å². The average Bonchev–Trinajstić information content (AvgIpc) is 2.68. The Labute approximate surface area is 158 Å². The van der Waals surface area contributed by atoms with Gasteiger partial charge in [0.25, 0.3) is 5.69 Å². The molecule has 0 bridgehead atoms. The summed E-state index contributed by atoms with van der Waals surface area (Å²) >= 11 is 0. The standard InChI is InChI=1S/C20H24N2O5/c1-2-25-19-5-3-4-6-20(19)27-15-18-14-21(11-12-26-18)13-16-7-9-17(10-8-16)22(23)24/h3-10,18H,2,11-15H2,1H3. The van der Waals surface area contributed by atoms with Crippen LogP contribution in [0.3, 0.4) is 0 Å². The lowest BCUT2D eigenvalue weighted by atomic mass is 10.1. The van der Waals surface area contributed by atoms with E-state index in [1.165, 1.54) is 0 Å². The first-order valence-electron chi connectivity index (χ1n) is 9.07. The van der Waals surface area contributed by atoms with Crippen molar-refractivity contribution in [3.8, 4) is 11.5 Å². The molecule has 1 unspecified atom stereocenters. The molecule has 0 aromatic heterocycles. The van der Waals surface area contributed by atoms with Gasteiger partial charge in [-0.1, -0.05) is 24.3 Å². The van der Waals surface area contributed by atoms with Crippen LogP contribution in [0.5, 0.6) is 11.5 Å². The number of non-ortho nitro benzene ring substituents is 1. The van der Waals surface area contributed by atoms with Crippen molar-refractivity contribution in [3.05, 3.63) is 64.2 Å². The van der Waals surface area contributed by atoms with Crippen molar-refractivity contribution in [2.24, 2.45) is 0 Å². The molecule has 0 aliphatic carbocycles. The average molecular weight is 372 g/mol. The summed E-state index contributed by atoms with van der Waals surface area (Å²) in [6, 6.07) is 14.3. The van der Waals surface area contributed by atoms with Crippen LogP contribution in [-0.4, -0.2) is 48.8 Å². The third-order valence-electron chi connectivity index (χ3n) is 4.35. The summed E-state index contributed by atoms with van der Waals surface area (Å²) in [5, 5.41) is 10.8. The molecule has 1 fully saturated rings. The van der Waals surface area contributed by atoms with Gasteiger partial charge < -0.3 is 14.2 Å². The number of benzene rings is 2. The molecule has 2 aromatic carbocycles. The first-order chi connectivity index (χ1) is 13.2. The van der Waals surface area contributed by atoms with Crippen molar-refractivity contribution in [2.75, 3.05) is 32.9 Å². The lowest BCUT2D eigenvalue weighted by molar-refractivity contribution is -0.384. The van der Waals surface area contributed by atoms with Crippen molar-refractivity contribution in [2.45, 2.75) is 19.6 Å². The molecule has 1 aliphatic heterocycles. The summed E-state index contributed by atoms with van der Waals surface area (Å²) in [5.41, 5.74) is 1.16. The summed E-state index contributed by atoms with van der Waals surface area (Å²) in [6.07, 6.45) is -0.0357. The monoisotopic (exact) mass is 372 g/mol. The minimum absolute atomic E-state index is 0.0357. The van der Waals surface area contributed by atoms with Gasteiger partial charge in [0.05, 0.1) is 18.1 Å². The Balaban J connectivity index is 1.53. The fourth-order valence-electron chi connectivity index (χ4n) is 3.03. The van der Waals surface area contributed by atoms with Crippen LogP contribution >= 0.6 is 0 Å². The number of para-hydroxylation sites is 2. The highest BCUT2D eigenvalue weighted by Gasteiger charge is 2.22. The van der Waals surface area contributed by atoms with Gasteiger partial charge in [-0.15, -0.1) is 0 Å². The van der Waals surface area contributed by atoms with Gasteiger partial charge in [-0.2, -0.15) is 0 Å². The minimum atomic E-state index is -0.383. The van der Waals surface area contributed by atoms with Crippen molar-refractivity contribution in [3.63, 3.8) is 0 Å². The maximum absolute atomic E-state index is 10.8. The second kappa shape index (κ2) is 9.34. The van der Waals surface area contributed by atoms with E-state index in [0.29, 0.717) is 19.8 Å². The van der Waals surface area contributed by atoms with Crippen LogP contribution in [0.4, 0.5) is 5.69 Å². The molecule has 1 heterocycles. The molecule has 0 amide bonds. The third kappa shape index (κ3) is 5.42. The predicted molar refractivity (Wildman–Crippen MR) is 101 cm³/mol. The highest BCUT2D eigenvalue weighted by molar-refractivity contribution is 5.39. The summed E-state index contributed by atoms with van der Waals surface area (Å²) in [5.74, 6) is 1.45. The van der Waals surface area contributed by atoms with Crippen LogP contribution in [0.1, 0.15) is 12.5 Å². The molecule has 0 N–H and O–H groups in total. The van der Waals surface area contributed by atoms with Crippen molar-refractivity contribution >= 4 is 5.69 Å². The predicted octanol–water partition coefficient (Wildman–Crippen LogP) is 3.27. The van der Waals surface area contributed by atoms with Gasteiger partial charge >= 0.3 is 0 Å². The van der Waals surface area contributed by atoms with E-state index >= 15 is 0 Å². The maximum atomic E-state index is 10.8. The smallest absolute Gasteiger partial charge is 0.269 e. The van der Waals surface area contributed by atoms with Gasteiger partial charge in [0.2, 0.25) is 0 Å². The molecule has 1 saturated heterocycles. The number of rotatable bonds is 8. The zero-order chi connectivity index (χ0) is 19.1. The first-order valence-corrected chi connectivity index (χ1v) is 9.07. The Bertz CT molecular complexity index is 750. The highest BCUT2D eigenvalue weighted by atomic mass is 16.6. The largest absolute Gasteiger partial charge is 0.490 e. The van der Waals surface area contributed by atoms with Gasteiger partial charge in [0.15, 0.2) is 11.5 Å². The van der Waals surface area contributed by atoms with Gasteiger partial charge in [-0.25, -0.2) is 0 Å². The molecule has 1 aliphatic rings. The van der Waals surface area contributed by atoms with Crippen LogP contribution in [0, 0.1) is 10.1 Å². The summed E-state index contributed by atoms with van der Waals surface area (Å²) in [7, 11) is 0. The van der Waals surface area contributed by atoms with Gasteiger partial charge in [0, 0.05) is 31.8 Å². The molecule has 144 valence electrons. The van der Waals surface area contributed by atoms with E-state index < -0.39 is 0 Å². The molecular formula is C20H24N2O5. The lowest BCUT2D eigenvalue weighted by Crippen LogP contribution is -2.44. The van der Waals surface area contributed by atoms with Crippen LogP contribution in [-0.2, 0) is 11.3 Å². The molecule has 0 spiro atoms. The van der Waals surface area contributed by atoms with Crippen molar-refractivity contribution < 1.29 is 19.1 Å². The highest BCUT2D eigenvalue weighted by Crippen LogP contribution is 2.26. The van der Waals surface area contributed by atoms with E-state index in [-0.39, 0.29) is 16.7 Å². The Morgan fingerprint density at radius 3 is 2.52 bits per heavy atom. The fourth-order valence-corrected chi connectivity index (χ4v) is 3.03. The quantitative estimate of drug-likeness (QED) is 0.523. The van der Waals surface area contributed by atoms with Crippen LogP contribution in [0.25, 0.3) is 0 Å². The summed E-state index contributed by atoms with van der Waals surface area (Å²) < 4.78 is 17.3. The first kappa shape index (κ1) is 19.1. The zero-order valence-corrected chi connectivity index (χ0v) is 15.4. The summed E-state index contributed by atoms with van der Waals surface area (Å²) in [4.78, 5) is 12.6. The Morgan fingerprint density at radius 2 is 1.85 bits per heavy atom. The van der Waals surface area contributed by atoms with E-state index in [1.807, 2.05) is 31.2 Å². The van der Waals surface area contributed by atoms with Gasteiger partial charge in [-0.05, 0) is 24.6 Å². The number of morpholine rings is 1. The fraction of sp³-hybridized carbons (Fsp3) is 0.400. The zero-order valence-electron chi connectivity index (χ0n) is 15.4. The number of nitro benzene ring substituents is 1. The minimum Gasteiger partial charge on any atom is -0.490 e. The third-order valence-corrected chi connectivity index (χ3v) is 4.35. The number of ether oxygens (including phenoxy) is 3. The van der Waals surface area contributed by atoms with Crippen LogP contribution < -0.4 is 9.47 Å². The van der Waals surface area contributed by atoms with Crippen LogP contribution in [0.2, 0.25) is 0 Å². The van der Waals surface area contributed by atoms with E-state index in [1.54, 1.807) is 24.3 Å². The number of nitrogens with zero attached hydrogens (tertiary/aromatic N) is 2. The molecule has 2 aromatic rings. The molecule has 0 saturated carbocycles. The number of hydrogen-bond donors (Lipinski definition) is 0. The second-order valence-corrected chi connectivity index (χ2v) is 6.34. The number of nitro groups is 1. The van der Waals surface area contributed by atoms with E-state index in [0.717, 1.165) is 36.7 Å². The molecule has 7 heteroatoms. The Hall–Kier alpha value is -2.64. The summed E-state index contributed by atoms with van der Waals surface area (Å²) in [6.45, 7) is 5.90. The molecule has 3 rings (SSSR count). The molecular weight excluding hydrogens is 348 g/mol.